The highest BCUT2D eigenvalue weighted by atomic mass is 19.1. The molecule has 310 valence electrons. The zero-order chi connectivity index (χ0) is 41.3. The molecule has 1 saturated carbocycles. The van der Waals surface area contributed by atoms with Crippen molar-refractivity contribution in [3.8, 4) is 11.5 Å². The van der Waals surface area contributed by atoms with Gasteiger partial charge < -0.3 is 14.8 Å². The number of rotatable bonds is 18. The van der Waals surface area contributed by atoms with Gasteiger partial charge in [0.05, 0.1) is 29.9 Å². The lowest BCUT2D eigenvalue weighted by Crippen LogP contribution is -2.54. The molecule has 0 bridgehead atoms. The first-order valence-electron chi connectivity index (χ1n) is 21.2. The number of aromatic nitrogens is 1. The Kier molecular flexibility index (Phi) is 13.6. The Labute approximate surface area is 344 Å². The van der Waals surface area contributed by atoms with Crippen molar-refractivity contribution in [3.63, 3.8) is 0 Å². The molecule has 2 atom stereocenters. The monoisotopic (exact) mass is 804 g/mol. The minimum absolute atomic E-state index is 0.0278. The first-order chi connectivity index (χ1) is 28.7. The molecule has 11 nitrogen and oxygen atoms in total. The first kappa shape index (κ1) is 41.5. The van der Waals surface area contributed by atoms with Gasteiger partial charge in [0.15, 0.2) is 0 Å². The number of carbonyl (C=O) groups is 5. The van der Waals surface area contributed by atoms with Crippen molar-refractivity contribution in [2.75, 3.05) is 18.5 Å². The molecule has 1 aliphatic carbocycles. The lowest BCUT2D eigenvalue weighted by atomic mass is 9.73. The standard InChI is InChI=1S/C47H53FN4O7/c1-30(31-13-15-32(16-14-31)36-25-26-49-39-22-17-33(48)29-38(36)39)44(54)50-34-18-20-35(21-19-34)58-27-8-6-4-2-3-5-7-9-28-59-41-12-10-11-37-43(41)47(57)52(46(37)56)40-23-24-42(53)51-45(40)55/h10-12,17-22,25-26,29-32,40H,2-9,13-16,23-24,27-28H2,1H3,(H,50,54)(H,51,53,55)/t30-,31?,32?,40?/m1/s1. The van der Waals surface area contributed by atoms with E-state index in [1.165, 1.54) is 6.07 Å². The van der Waals surface area contributed by atoms with Gasteiger partial charge >= 0.3 is 0 Å². The minimum Gasteiger partial charge on any atom is -0.494 e. The number of nitrogens with one attached hydrogen (secondary N) is 2. The van der Waals surface area contributed by atoms with E-state index in [0.717, 1.165) is 110 Å². The fourth-order valence-corrected chi connectivity index (χ4v) is 8.77. The summed E-state index contributed by atoms with van der Waals surface area (Å²) in [5.41, 5.74) is 3.13. The van der Waals surface area contributed by atoms with E-state index in [1.807, 2.05) is 37.3 Å². The third-order valence-corrected chi connectivity index (χ3v) is 12.2. The number of ether oxygens (including phenoxy) is 2. The molecular formula is C47H53FN4O7. The molecule has 1 saturated heterocycles. The second-order valence-corrected chi connectivity index (χ2v) is 16.1. The molecule has 5 amide bonds. The normalized spacial score (nSPS) is 19.7. The second kappa shape index (κ2) is 19.4. The number of piperidine rings is 1. The Morgan fingerprint density at radius 1 is 0.831 bits per heavy atom. The van der Waals surface area contributed by atoms with Crippen molar-refractivity contribution in [1.29, 1.82) is 0 Å². The van der Waals surface area contributed by atoms with Crippen LogP contribution in [-0.2, 0) is 14.4 Å². The topological polar surface area (TPSA) is 144 Å². The third-order valence-electron chi connectivity index (χ3n) is 12.2. The van der Waals surface area contributed by atoms with Crippen LogP contribution < -0.4 is 20.1 Å². The number of pyridine rings is 1. The molecule has 7 rings (SSSR count). The molecule has 2 aliphatic heterocycles. The van der Waals surface area contributed by atoms with Crippen LogP contribution in [0.1, 0.15) is 129 Å². The van der Waals surface area contributed by atoms with Gasteiger partial charge in [0.25, 0.3) is 11.8 Å². The Hall–Kier alpha value is -5.65. The molecule has 12 heteroatoms. The van der Waals surface area contributed by atoms with E-state index in [4.69, 9.17) is 9.47 Å². The number of halogens is 1. The summed E-state index contributed by atoms with van der Waals surface area (Å²) < 4.78 is 25.9. The van der Waals surface area contributed by atoms with Crippen LogP contribution in [0.25, 0.3) is 10.9 Å². The summed E-state index contributed by atoms with van der Waals surface area (Å²) in [5.74, 6) is -0.715. The Balaban J connectivity index is 0.726. The summed E-state index contributed by atoms with van der Waals surface area (Å²) in [6.45, 7) is 3.06. The number of amides is 5. The predicted molar refractivity (Wildman–Crippen MR) is 222 cm³/mol. The molecule has 1 unspecified atom stereocenters. The largest absolute Gasteiger partial charge is 0.494 e. The average molecular weight is 805 g/mol. The van der Waals surface area contributed by atoms with Crippen LogP contribution in [-0.4, -0.2) is 58.7 Å². The van der Waals surface area contributed by atoms with Gasteiger partial charge in [-0.05, 0) is 123 Å². The molecule has 59 heavy (non-hydrogen) atoms. The summed E-state index contributed by atoms with van der Waals surface area (Å²) in [7, 11) is 0. The maximum absolute atomic E-state index is 14.0. The highest BCUT2D eigenvalue weighted by molar-refractivity contribution is 6.24. The number of carbonyl (C=O) groups excluding carboxylic acids is 5. The Morgan fingerprint density at radius 2 is 1.53 bits per heavy atom. The fourth-order valence-electron chi connectivity index (χ4n) is 8.77. The van der Waals surface area contributed by atoms with Crippen LogP contribution in [0.4, 0.5) is 10.1 Å². The van der Waals surface area contributed by atoms with Gasteiger partial charge in [-0.15, -0.1) is 0 Å². The van der Waals surface area contributed by atoms with Crippen LogP contribution in [0.15, 0.2) is 72.9 Å². The predicted octanol–water partition coefficient (Wildman–Crippen LogP) is 8.90. The third kappa shape index (κ3) is 9.97. The molecule has 2 N–H and O–H groups in total. The van der Waals surface area contributed by atoms with Crippen molar-refractivity contribution < 1.29 is 37.8 Å². The highest BCUT2D eigenvalue weighted by Gasteiger charge is 2.46. The molecule has 2 fully saturated rings. The zero-order valence-electron chi connectivity index (χ0n) is 33.7. The van der Waals surface area contributed by atoms with E-state index >= 15 is 0 Å². The number of hydrogen-bond acceptors (Lipinski definition) is 8. The smallest absolute Gasteiger partial charge is 0.266 e. The summed E-state index contributed by atoms with van der Waals surface area (Å²) in [6, 6.07) is 18.3. The molecule has 3 aromatic carbocycles. The van der Waals surface area contributed by atoms with Crippen molar-refractivity contribution in [1.82, 2.24) is 15.2 Å². The van der Waals surface area contributed by atoms with E-state index in [1.54, 1.807) is 36.5 Å². The van der Waals surface area contributed by atoms with Crippen LogP contribution in [0.5, 0.6) is 11.5 Å². The summed E-state index contributed by atoms with van der Waals surface area (Å²) >= 11 is 0. The van der Waals surface area contributed by atoms with Crippen molar-refractivity contribution in [2.24, 2.45) is 11.8 Å². The lowest BCUT2D eigenvalue weighted by molar-refractivity contribution is -0.136. The van der Waals surface area contributed by atoms with Crippen LogP contribution in [0.3, 0.4) is 0 Å². The highest BCUT2D eigenvalue weighted by Crippen LogP contribution is 2.41. The number of hydrogen-bond donors (Lipinski definition) is 2. The average Bonchev–Trinajstić information content (AvgIpc) is 3.50. The molecule has 4 aromatic rings. The maximum Gasteiger partial charge on any atom is 0.266 e. The van der Waals surface area contributed by atoms with Crippen LogP contribution in [0.2, 0.25) is 0 Å². The van der Waals surface area contributed by atoms with Crippen LogP contribution in [0, 0.1) is 17.7 Å². The number of benzene rings is 3. The number of anilines is 1. The SMILES string of the molecule is C[C@@H](C(=O)Nc1ccc(OCCCCCCCCCCOc2cccc3c2C(=O)N(C2CCC(=O)NC2=O)C3=O)cc1)C1CCC(c2ccnc3ccc(F)cc23)CC1. The quantitative estimate of drug-likeness (QED) is 0.0750. The lowest BCUT2D eigenvalue weighted by Gasteiger charge is -2.32. The maximum atomic E-state index is 14.0. The minimum atomic E-state index is -1.00. The van der Waals surface area contributed by atoms with Crippen molar-refractivity contribution in [2.45, 2.75) is 109 Å². The number of unbranched alkanes of at least 4 members (excludes halogenated alkanes) is 7. The van der Waals surface area contributed by atoms with Gasteiger partial charge in [-0.25, -0.2) is 4.39 Å². The number of nitrogens with zero attached hydrogens (tertiary/aromatic N) is 2. The first-order valence-corrected chi connectivity index (χ1v) is 21.2. The Morgan fingerprint density at radius 3 is 2.24 bits per heavy atom. The Bertz CT molecular complexity index is 2170. The molecule has 1 aromatic heterocycles. The van der Waals surface area contributed by atoms with E-state index in [9.17, 15) is 28.4 Å². The summed E-state index contributed by atoms with van der Waals surface area (Å²) in [4.78, 5) is 68.7. The van der Waals surface area contributed by atoms with E-state index in [-0.39, 0.29) is 41.6 Å². The van der Waals surface area contributed by atoms with E-state index < -0.39 is 29.7 Å². The second-order valence-electron chi connectivity index (χ2n) is 16.1. The van der Waals surface area contributed by atoms with Crippen LogP contribution >= 0.6 is 0 Å². The summed E-state index contributed by atoms with van der Waals surface area (Å²) in [5, 5.41) is 6.19. The van der Waals surface area contributed by atoms with Crippen molar-refractivity contribution in [3.05, 3.63) is 95.4 Å². The van der Waals surface area contributed by atoms with Gasteiger partial charge in [0, 0.05) is 29.6 Å². The van der Waals surface area contributed by atoms with Gasteiger partial charge in [-0.1, -0.05) is 51.5 Å². The number of fused-ring (bicyclic) bond motifs is 2. The zero-order valence-corrected chi connectivity index (χ0v) is 33.7. The fraction of sp³-hybridized carbons (Fsp3) is 0.447. The molecule has 0 radical (unpaired) electrons. The van der Waals surface area contributed by atoms with Gasteiger partial charge in [-0.3, -0.25) is 39.2 Å². The molecule has 3 aliphatic rings. The van der Waals surface area contributed by atoms with Gasteiger partial charge in [0.1, 0.15) is 23.4 Å². The van der Waals surface area contributed by atoms with Gasteiger partial charge in [0.2, 0.25) is 17.7 Å². The number of imide groups is 2. The molecule has 0 spiro atoms. The van der Waals surface area contributed by atoms with Gasteiger partial charge in [-0.2, -0.15) is 0 Å². The van der Waals surface area contributed by atoms with E-state index in [0.29, 0.717) is 30.8 Å². The molecule has 3 heterocycles. The summed E-state index contributed by atoms with van der Waals surface area (Å²) in [6.07, 6.45) is 14.1. The molecular weight excluding hydrogens is 752 g/mol. The van der Waals surface area contributed by atoms with Crippen molar-refractivity contribution >= 4 is 46.1 Å². The van der Waals surface area contributed by atoms with E-state index in [2.05, 4.69) is 15.6 Å².